The average molecular weight is 482 g/mol. The first-order valence-electron chi connectivity index (χ1n) is 9.73. The van der Waals surface area contributed by atoms with Crippen molar-refractivity contribution in [3.8, 4) is 0 Å². The van der Waals surface area contributed by atoms with E-state index in [2.05, 4.69) is 5.32 Å². The van der Waals surface area contributed by atoms with Crippen molar-refractivity contribution < 1.29 is 13.2 Å². The number of fused-ring (bicyclic) bond motifs is 1. The highest BCUT2D eigenvalue weighted by atomic mass is 35.5. The summed E-state index contributed by atoms with van der Waals surface area (Å²) in [5.74, 6) is -0.470. The van der Waals surface area contributed by atoms with E-state index in [0.717, 1.165) is 32.1 Å². The van der Waals surface area contributed by atoms with Gasteiger partial charge in [-0.3, -0.25) is 18.5 Å². The zero-order valence-electron chi connectivity index (χ0n) is 17.6. The minimum absolute atomic E-state index is 0.0205. The molecule has 0 aliphatic rings. The van der Waals surface area contributed by atoms with Gasteiger partial charge in [0.1, 0.15) is 6.04 Å². The van der Waals surface area contributed by atoms with Crippen molar-refractivity contribution in [3.05, 3.63) is 57.2 Å². The first kappa shape index (κ1) is 23.3. The number of thiazole rings is 1. The molecule has 0 aliphatic heterocycles. The number of carbonyl (C=O) groups excluding carboxylic acids is 1. The molecule has 0 fully saturated rings. The highest BCUT2D eigenvalue weighted by Gasteiger charge is 2.31. The largest absolute Gasteiger partial charge is 0.324 e. The van der Waals surface area contributed by atoms with Crippen LogP contribution < -0.4 is 14.5 Å². The van der Waals surface area contributed by atoms with E-state index >= 15 is 0 Å². The Morgan fingerprint density at radius 1 is 1.23 bits per heavy atom. The molecule has 7 nitrogen and oxygen atoms in total. The van der Waals surface area contributed by atoms with E-state index in [1.54, 1.807) is 47.9 Å². The number of halogens is 1. The minimum atomic E-state index is -3.76. The van der Waals surface area contributed by atoms with Crippen LogP contribution in [0.3, 0.4) is 0 Å². The van der Waals surface area contributed by atoms with Gasteiger partial charge in [-0.1, -0.05) is 35.9 Å². The Morgan fingerprint density at radius 2 is 1.94 bits per heavy atom. The molecule has 0 saturated heterocycles. The summed E-state index contributed by atoms with van der Waals surface area (Å²) in [6.07, 6.45) is 1.31. The molecule has 31 heavy (non-hydrogen) atoms. The van der Waals surface area contributed by atoms with Gasteiger partial charge in [0, 0.05) is 16.8 Å². The number of rotatable bonds is 7. The second-order valence-corrected chi connectivity index (χ2v) is 10.8. The van der Waals surface area contributed by atoms with Gasteiger partial charge in [-0.05, 0) is 56.7 Å². The fourth-order valence-electron chi connectivity index (χ4n) is 3.50. The Kier molecular flexibility index (Phi) is 6.78. The van der Waals surface area contributed by atoms with E-state index in [4.69, 9.17) is 11.6 Å². The monoisotopic (exact) mass is 481 g/mol. The maximum Gasteiger partial charge on any atom is 0.308 e. The molecule has 0 unspecified atom stereocenters. The number of hydrogen-bond donors (Lipinski definition) is 1. The smallest absolute Gasteiger partial charge is 0.308 e. The van der Waals surface area contributed by atoms with Crippen LogP contribution in [-0.4, -0.2) is 31.2 Å². The van der Waals surface area contributed by atoms with E-state index in [1.807, 2.05) is 13.8 Å². The summed E-state index contributed by atoms with van der Waals surface area (Å²) in [6.45, 7) is 5.61. The van der Waals surface area contributed by atoms with Crippen molar-refractivity contribution >= 4 is 60.5 Å². The first-order chi connectivity index (χ1) is 14.5. The van der Waals surface area contributed by atoms with Crippen molar-refractivity contribution in [2.45, 2.75) is 39.3 Å². The molecule has 0 spiro atoms. The Labute approximate surface area is 190 Å². The zero-order chi connectivity index (χ0) is 22.9. The molecule has 1 N–H and O–H groups in total. The van der Waals surface area contributed by atoms with Crippen LogP contribution in [0.1, 0.15) is 33.2 Å². The SMILES string of the molecule is CC[C@H](C(=O)Nc1ccc2c(c1)sc(=O)n2C(C)C)N(c1cccc(Cl)c1)S(C)(=O)=O. The molecule has 1 atom stereocenters. The van der Waals surface area contributed by atoms with E-state index in [1.165, 1.54) is 6.07 Å². The predicted octanol–water partition coefficient (Wildman–Crippen LogP) is 4.48. The number of carbonyl (C=O) groups is 1. The van der Waals surface area contributed by atoms with Crippen LogP contribution in [0.15, 0.2) is 47.3 Å². The molecule has 166 valence electrons. The van der Waals surface area contributed by atoms with Crippen molar-refractivity contribution in [2.75, 3.05) is 15.9 Å². The lowest BCUT2D eigenvalue weighted by atomic mass is 10.1. The number of nitrogens with zero attached hydrogens (tertiary/aromatic N) is 2. The number of hydrogen-bond acceptors (Lipinski definition) is 5. The first-order valence-corrected chi connectivity index (χ1v) is 12.8. The molecule has 1 aromatic heterocycles. The summed E-state index contributed by atoms with van der Waals surface area (Å²) in [4.78, 5) is 25.3. The molecular formula is C21H24ClN3O4S2. The van der Waals surface area contributed by atoms with Crippen LogP contribution in [0.5, 0.6) is 0 Å². The number of benzene rings is 2. The standard InChI is InChI=1S/C21H24ClN3O4S2/c1-5-17(25(31(4,28)29)16-8-6-7-14(22)11-16)20(26)23-15-9-10-18-19(12-15)30-21(27)24(18)13(2)3/h6-13,17H,5H2,1-4H3,(H,23,26)/t17-/m1/s1. The number of amides is 1. The van der Waals surface area contributed by atoms with Gasteiger partial charge in [0.25, 0.3) is 0 Å². The van der Waals surface area contributed by atoms with Crippen LogP contribution >= 0.6 is 22.9 Å². The third-order valence-electron chi connectivity index (χ3n) is 4.79. The van der Waals surface area contributed by atoms with Crippen LogP contribution in [0.25, 0.3) is 10.2 Å². The Balaban J connectivity index is 1.95. The van der Waals surface area contributed by atoms with Crippen LogP contribution in [0.4, 0.5) is 11.4 Å². The highest BCUT2D eigenvalue weighted by molar-refractivity contribution is 7.92. The van der Waals surface area contributed by atoms with Gasteiger partial charge in [-0.2, -0.15) is 0 Å². The van der Waals surface area contributed by atoms with Gasteiger partial charge in [-0.15, -0.1) is 0 Å². The number of anilines is 2. The topological polar surface area (TPSA) is 88.5 Å². The molecule has 1 amide bonds. The molecule has 3 rings (SSSR count). The normalized spacial score (nSPS) is 12.8. The summed E-state index contributed by atoms with van der Waals surface area (Å²) < 4.78 is 28.6. The lowest BCUT2D eigenvalue weighted by molar-refractivity contribution is -0.117. The van der Waals surface area contributed by atoms with Gasteiger partial charge in [-0.25, -0.2) is 8.42 Å². The maximum atomic E-state index is 13.1. The Hall–Kier alpha value is -2.36. The van der Waals surface area contributed by atoms with Gasteiger partial charge >= 0.3 is 4.87 Å². The molecule has 1 heterocycles. The third kappa shape index (κ3) is 4.94. The van der Waals surface area contributed by atoms with Gasteiger partial charge in [0.2, 0.25) is 15.9 Å². The molecule has 0 saturated carbocycles. The van der Waals surface area contributed by atoms with Crippen molar-refractivity contribution in [1.82, 2.24) is 4.57 Å². The Morgan fingerprint density at radius 3 is 2.52 bits per heavy atom. The van der Waals surface area contributed by atoms with Crippen molar-refractivity contribution in [1.29, 1.82) is 0 Å². The average Bonchev–Trinajstić information content (AvgIpc) is 2.99. The molecule has 0 aliphatic carbocycles. The Bertz CT molecular complexity index is 1280. The summed E-state index contributed by atoms with van der Waals surface area (Å²) in [6, 6.07) is 10.7. The van der Waals surface area contributed by atoms with E-state index in [-0.39, 0.29) is 17.3 Å². The molecule has 0 bridgehead atoms. The fourth-order valence-corrected chi connectivity index (χ4v) is 5.94. The number of aromatic nitrogens is 1. The van der Waals surface area contributed by atoms with Crippen LogP contribution in [0, 0.1) is 0 Å². The van der Waals surface area contributed by atoms with Crippen molar-refractivity contribution in [2.24, 2.45) is 0 Å². The van der Waals surface area contributed by atoms with E-state index in [0.29, 0.717) is 16.4 Å². The van der Waals surface area contributed by atoms with Gasteiger partial charge < -0.3 is 5.32 Å². The number of sulfonamides is 1. The van der Waals surface area contributed by atoms with E-state index in [9.17, 15) is 18.0 Å². The second kappa shape index (κ2) is 9.02. The summed E-state index contributed by atoms with van der Waals surface area (Å²) in [5.41, 5.74) is 1.61. The third-order valence-corrected chi connectivity index (χ3v) is 7.12. The molecule has 3 aromatic rings. The van der Waals surface area contributed by atoms with Gasteiger partial charge in [0.05, 0.1) is 22.2 Å². The summed E-state index contributed by atoms with van der Waals surface area (Å²) in [7, 11) is -3.76. The van der Waals surface area contributed by atoms with E-state index < -0.39 is 22.0 Å². The minimum Gasteiger partial charge on any atom is -0.324 e. The molecule has 10 heteroatoms. The second-order valence-electron chi connectivity index (χ2n) is 7.47. The van der Waals surface area contributed by atoms with Crippen LogP contribution in [-0.2, 0) is 14.8 Å². The fraction of sp³-hybridized carbons (Fsp3) is 0.333. The lowest BCUT2D eigenvalue weighted by Gasteiger charge is -2.30. The number of nitrogens with one attached hydrogen (secondary N) is 1. The maximum absolute atomic E-state index is 13.1. The summed E-state index contributed by atoms with van der Waals surface area (Å²) >= 11 is 7.15. The zero-order valence-corrected chi connectivity index (χ0v) is 20.0. The highest BCUT2D eigenvalue weighted by Crippen LogP contribution is 2.27. The predicted molar refractivity (Wildman–Crippen MR) is 128 cm³/mol. The van der Waals surface area contributed by atoms with Crippen molar-refractivity contribution in [3.63, 3.8) is 0 Å². The lowest BCUT2D eigenvalue weighted by Crippen LogP contribution is -2.47. The quantitative estimate of drug-likeness (QED) is 0.538. The van der Waals surface area contributed by atoms with Crippen LogP contribution in [0.2, 0.25) is 5.02 Å². The molecule has 2 aromatic carbocycles. The molecule has 0 radical (unpaired) electrons. The van der Waals surface area contributed by atoms with Gasteiger partial charge in [0.15, 0.2) is 0 Å². The molecular weight excluding hydrogens is 458 g/mol. The summed E-state index contributed by atoms with van der Waals surface area (Å²) in [5, 5.41) is 3.17.